The van der Waals surface area contributed by atoms with Crippen LogP contribution in [0, 0.1) is 16.0 Å². The van der Waals surface area contributed by atoms with Crippen LogP contribution in [0.5, 0.6) is 0 Å². The molecular formula is C11H14N2O3. The van der Waals surface area contributed by atoms with Gasteiger partial charge in [0.05, 0.1) is 11.0 Å². The van der Waals surface area contributed by atoms with Crippen LogP contribution in [0.25, 0.3) is 0 Å². The predicted octanol–water partition coefficient (Wildman–Crippen LogP) is 1.76. The Bertz CT molecular complexity index is 398. The molecule has 86 valence electrons. The van der Waals surface area contributed by atoms with E-state index >= 15 is 0 Å². The van der Waals surface area contributed by atoms with Crippen molar-refractivity contribution in [2.45, 2.75) is 19.9 Å². The number of carbonyl (C=O) groups is 1. The van der Waals surface area contributed by atoms with Gasteiger partial charge in [0, 0.05) is 17.7 Å². The number of hydrogen-bond acceptors (Lipinski definition) is 4. The summed E-state index contributed by atoms with van der Waals surface area (Å²) in [6, 6.07) is 4.91. The van der Waals surface area contributed by atoms with Crippen LogP contribution in [0.3, 0.4) is 0 Å². The maximum absolute atomic E-state index is 11.8. The smallest absolute Gasteiger partial charge is 0.269 e. The SMILES string of the molecule is CC(C)C(N)C(=O)c1ccc([N+](=O)[O-])cc1. The Kier molecular flexibility index (Phi) is 3.73. The zero-order valence-electron chi connectivity index (χ0n) is 9.21. The van der Waals surface area contributed by atoms with Crippen molar-refractivity contribution in [1.82, 2.24) is 0 Å². The lowest BCUT2D eigenvalue weighted by atomic mass is 9.96. The van der Waals surface area contributed by atoms with E-state index in [0.717, 1.165) is 0 Å². The van der Waals surface area contributed by atoms with E-state index in [1.807, 2.05) is 13.8 Å². The number of nitro benzene ring substituents is 1. The lowest BCUT2D eigenvalue weighted by molar-refractivity contribution is -0.384. The van der Waals surface area contributed by atoms with Crippen LogP contribution in [-0.4, -0.2) is 16.7 Å². The minimum Gasteiger partial charge on any atom is -0.321 e. The zero-order chi connectivity index (χ0) is 12.3. The van der Waals surface area contributed by atoms with E-state index in [9.17, 15) is 14.9 Å². The topological polar surface area (TPSA) is 86.2 Å². The van der Waals surface area contributed by atoms with E-state index in [1.54, 1.807) is 0 Å². The number of nitro groups is 1. The Labute approximate surface area is 93.4 Å². The number of Topliss-reactive ketones (excluding diaryl/α,β-unsaturated/α-hetero) is 1. The first-order valence-corrected chi connectivity index (χ1v) is 4.97. The van der Waals surface area contributed by atoms with Crippen molar-refractivity contribution in [2.75, 3.05) is 0 Å². The van der Waals surface area contributed by atoms with Gasteiger partial charge >= 0.3 is 0 Å². The summed E-state index contributed by atoms with van der Waals surface area (Å²) in [5.74, 6) is -0.146. The fourth-order valence-electron chi connectivity index (χ4n) is 1.24. The third-order valence-corrected chi connectivity index (χ3v) is 2.38. The maximum atomic E-state index is 11.8. The van der Waals surface area contributed by atoms with Gasteiger partial charge < -0.3 is 5.73 Å². The van der Waals surface area contributed by atoms with Crippen LogP contribution in [-0.2, 0) is 0 Å². The largest absolute Gasteiger partial charge is 0.321 e. The van der Waals surface area contributed by atoms with Gasteiger partial charge in [-0.3, -0.25) is 14.9 Å². The van der Waals surface area contributed by atoms with Crippen LogP contribution < -0.4 is 5.73 Å². The van der Waals surface area contributed by atoms with Crippen molar-refractivity contribution < 1.29 is 9.72 Å². The number of non-ortho nitro benzene ring substituents is 1. The van der Waals surface area contributed by atoms with Gasteiger partial charge in [0.15, 0.2) is 5.78 Å². The molecule has 0 aliphatic carbocycles. The van der Waals surface area contributed by atoms with E-state index in [2.05, 4.69) is 0 Å². The number of rotatable bonds is 4. The second-order valence-corrected chi connectivity index (χ2v) is 3.94. The average molecular weight is 222 g/mol. The van der Waals surface area contributed by atoms with E-state index in [-0.39, 0.29) is 17.4 Å². The average Bonchev–Trinajstić information content (AvgIpc) is 2.27. The molecule has 5 nitrogen and oxygen atoms in total. The Balaban J connectivity index is 2.90. The summed E-state index contributed by atoms with van der Waals surface area (Å²) in [4.78, 5) is 21.7. The molecule has 1 aromatic carbocycles. The predicted molar refractivity (Wildman–Crippen MR) is 60.2 cm³/mol. The molecule has 0 aliphatic heterocycles. The molecule has 0 bridgehead atoms. The second kappa shape index (κ2) is 4.85. The highest BCUT2D eigenvalue weighted by atomic mass is 16.6. The van der Waals surface area contributed by atoms with Crippen LogP contribution in [0.2, 0.25) is 0 Å². The highest BCUT2D eigenvalue weighted by molar-refractivity contribution is 6.00. The first-order valence-electron chi connectivity index (χ1n) is 4.97. The molecule has 2 N–H and O–H groups in total. The third kappa shape index (κ3) is 2.64. The molecule has 0 aromatic heterocycles. The van der Waals surface area contributed by atoms with Crippen molar-refractivity contribution in [3.8, 4) is 0 Å². The van der Waals surface area contributed by atoms with Gasteiger partial charge in [0.1, 0.15) is 0 Å². The maximum Gasteiger partial charge on any atom is 0.269 e. The number of hydrogen-bond donors (Lipinski definition) is 1. The van der Waals surface area contributed by atoms with Crippen molar-refractivity contribution in [3.05, 3.63) is 39.9 Å². The molecule has 0 saturated heterocycles. The number of carbonyl (C=O) groups excluding carboxylic acids is 1. The number of benzene rings is 1. The summed E-state index contributed by atoms with van der Waals surface area (Å²) in [7, 11) is 0. The van der Waals surface area contributed by atoms with E-state index < -0.39 is 11.0 Å². The number of ketones is 1. The first kappa shape index (κ1) is 12.3. The molecule has 5 heteroatoms. The highest BCUT2D eigenvalue weighted by Crippen LogP contribution is 2.14. The van der Waals surface area contributed by atoms with Crippen LogP contribution in [0.15, 0.2) is 24.3 Å². The van der Waals surface area contributed by atoms with Gasteiger partial charge in [0.25, 0.3) is 5.69 Å². The molecule has 0 radical (unpaired) electrons. The lowest BCUT2D eigenvalue weighted by Gasteiger charge is -2.13. The molecular weight excluding hydrogens is 208 g/mol. The Morgan fingerprint density at radius 1 is 1.31 bits per heavy atom. The fraction of sp³-hybridized carbons (Fsp3) is 0.364. The molecule has 1 unspecified atom stereocenters. The van der Waals surface area contributed by atoms with Crippen LogP contribution >= 0.6 is 0 Å². The number of nitrogens with two attached hydrogens (primary N) is 1. The molecule has 0 aliphatic rings. The van der Waals surface area contributed by atoms with Gasteiger partial charge in [-0.1, -0.05) is 13.8 Å². The van der Waals surface area contributed by atoms with Crippen LogP contribution in [0.4, 0.5) is 5.69 Å². The van der Waals surface area contributed by atoms with Gasteiger partial charge in [-0.05, 0) is 18.1 Å². The molecule has 0 amide bonds. The van der Waals surface area contributed by atoms with Crippen molar-refractivity contribution in [3.63, 3.8) is 0 Å². The summed E-state index contributed by atoms with van der Waals surface area (Å²) in [5, 5.41) is 10.4. The quantitative estimate of drug-likeness (QED) is 0.477. The van der Waals surface area contributed by atoms with Gasteiger partial charge in [-0.15, -0.1) is 0 Å². The molecule has 1 rings (SSSR count). The lowest BCUT2D eigenvalue weighted by Crippen LogP contribution is -2.35. The van der Waals surface area contributed by atoms with Gasteiger partial charge in [-0.25, -0.2) is 0 Å². The Morgan fingerprint density at radius 2 is 1.81 bits per heavy atom. The normalized spacial score (nSPS) is 12.5. The van der Waals surface area contributed by atoms with E-state index in [0.29, 0.717) is 5.56 Å². The molecule has 1 aromatic rings. The third-order valence-electron chi connectivity index (χ3n) is 2.38. The molecule has 0 fully saturated rings. The standard InChI is InChI=1S/C11H14N2O3/c1-7(2)10(12)11(14)8-3-5-9(6-4-8)13(15)16/h3-7,10H,12H2,1-2H3. The van der Waals surface area contributed by atoms with E-state index in [4.69, 9.17) is 5.73 Å². The van der Waals surface area contributed by atoms with Crippen molar-refractivity contribution in [2.24, 2.45) is 11.7 Å². The summed E-state index contributed by atoms with van der Waals surface area (Å²) in [5.41, 5.74) is 6.08. The van der Waals surface area contributed by atoms with Crippen LogP contribution in [0.1, 0.15) is 24.2 Å². The summed E-state index contributed by atoms with van der Waals surface area (Å²) in [6.07, 6.45) is 0. The van der Waals surface area contributed by atoms with Gasteiger partial charge in [0.2, 0.25) is 0 Å². The first-order chi connectivity index (χ1) is 7.43. The molecule has 0 spiro atoms. The second-order valence-electron chi connectivity index (χ2n) is 3.94. The highest BCUT2D eigenvalue weighted by Gasteiger charge is 2.19. The number of nitrogens with zero attached hydrogens (tertiary/aromatic N) is 1. The molecule has 0 saturated carbocycles. The Morgan fingerprint density at radius 3 is 2.19 bits per heavy atom. The van der Waals surface area contributed by atoms with Gasteiger partial charge in [-0.2, -0.15) is 0 Å². The summed E-state index contributed by atoms with van der Waals surface area (Å²) in [6.45, 7) is 3.71. The monoisotopic (exact) mass is 222 g/mol. The summed E-state index contributed by atoms with van der Waals surface area (Å²) >= 11 is 0. The molecule has 16 heavy (non-hydrogen) atoms. The molecule has 0 heterocycles. The minimum atomic E-state index is -0.568. The van der Waals surface area contributed by atoms with Crippen molar-refractivity contribution in [1.29, 1.82) is 0 Å². The Hall–Kier alpha value is -1.75. The molecule has 1 atom stereocenters. The minimum absolute atomic E-state index is 0.0327. The van der Waals surface area contributed by atoms with E-state index in [1.165, 1.54) is 24.3 Å². The summed E-state index contributed by atoms with van der Waals surface area (Å²) < 4.78 is 0. The zero-order valence-corrected chi connectivity index (χ0v) is 9.21. The fourth-order valence-corrected chi connectivity index (χ4v) is 1.24. The van der Waals surface area contributed by atoms with Crippen molar-refractivity contribution >= 4 is 11.5 Å².